The molecule has 0 aliphatic rings. The van der Waals surface area contributed by atoms with Crippen LogP contribution in [0.15, 0.2) is 88.6 Å². The molecule has 0 aliphatic heterocycles. The minimum absolute atomic E-state index is 0.0222. The van der Waals surface area contributed by atoms with Gasteiger partial charge < -0.3 is 10.2 Å². The number of carbonyl (C=O) groups is 1. The molecule has 0 bridgehead atoms. The van der Waals surface area contributed by atoms with Gasteiger partial charge in [0.05, 0.1) is 5.69 Å². The number of anilines is 2. The quantitative estimate of drug-likeness (QED) is 0.208. The molecule has 1 heterocycles. The van der Waals surface area contributed by atoms with Crippen LogP contribution in [0.4, 0.5) is 11.4 Å². The SMILES string of the molecule is CCCSc1cc(N(C(=O)c2ccc3cc(C(=N)N)ccc3c2)c2ccccc2)co1. The highest BCUT2D eigenvalue weighted by Gasteiger charge is 2.22. The van der Waals surface area contributed by atoms with Crippen LogP contribution in [0.3, 0.4) is 0 Å². The van der Waals surface area contributed by atoms with Crippen LogP contribution in [0, 0.1) is 5.41 Å². The zero-order valence-electron chi connectivity index (χ0n) is 17.2. The first kappa shape index (κ1) is 20.8. The average molecular weight is 430 g/mol. The van der Waals surface area contributed by atoms with Gasteiger partial charge in [-0.05, 0) is 47.5 Å². The fourth-order valence-electron chi connectivity index (χ4n) is 3.34. The molecule has 0 unspecified atom stereocenters. The number of amidine groups is 1. The first-order valence-electron chi connectivity index (χ1n) is 10.1. The first-order valence-corrected chi connectivity index (χ1v) is 11.0. The van der Waals surface area contributed by atoms with Crippen molar-refractivity contribution in [2.45, 2.75) is 18.4 Å². The number of furan rings is 1. The van der Waals surface area contributed by atoms with Crippen molar-refractivity contribution in [1.29, 1.82) is 5.41 Å². The minimum atomic E-state index is -0.142. The molecule has 4 rings (SSSR count). The molecule has 5 nitrogen and oxygen atoms in total. The lowest BCUT2D eigenvalue weighted by Crippen LogP contribution is -2.25. The summed E-state index contributed by atoms with van der Waals surface area (Å²) >= 11 is 1.63. The number of para-hydroxylation sites is 1. The van der Waals surface area contributed by atoms with Crippen LogP contribution >= 0.6 is 11.8 Å². The summed E-state index contributed by atoms with van der Waals surface area (Å²) in [6.07, 6.45) is 2.67. The molecule has 0 saturated carbocycles. The maximum Gasteiger partial charge on any atom is 0.262 e. The van der Waals surface area contributed by atoms with Crippen molar-refractivity contribution in [1.82, 2.24) is 0 Å². The Bertz CT molecular complexity index is 1230. The number of nitrogens with two attached hydrogens (primary N) is 1. The second-order valence-corrected chi connectivity index (χ2v) is 8.24. The van der Waals surface area contributed by atoms with Gasteiger partial charge in [0.25, 0.3) is 5.91 Å². The van der Waals surface area contributed by atoms with Crippen molar-refractivity contribution in [3.8, 4) is 0 Å². The zero-order chi connectivity index (χ0) is 21.8. The Morgan fingerprint density at radius 3 is 2.32 bits per heavy atom. The number of amides is 1. The normalized spacial score (nSPS) is 10.9. The van der Waals surface area contributed by atoms with Gasteiger partial charge in [-0.25, -0.2) is 0 Å². The maximum absolute atomic E-state index is 13.6. The van der Waals surface area contributed by atoms with Gasteiger partial charge in [0.15, 0.2) is 5.09 Å². The largest absolute Gasteiger partial charge is 0.456 e. The van der Waals surface area contributed by atoms with Crippen molar-refractivity contribution in [2.24, 2.45) is 5.73 Å². The lowest BCUT2D eigenvalue weighted by Gasteiger charge is -2.21. The summed E-state index contributed by atoms with van der Waals surface area (Å²) in [5, 5.41) is 10.3. The van der Waals surface area contributed by atoms with Crippen molar-refractivity contribution in [3.63, 3.8) is 0 Å². The third kappa shape index (κ3) is 4.49. The molecule has 4 aromatic rings. The van der Waals surface area contributed by atoms with E-state index in [-0.39, 0.29) is 11.7 Å². The van der Waals surface area contributed by atoms with Crippen LogP contribution in [0.25, 0.3) is 10.8 Å². The number of hydrogen-bond donors (Lipinski definition) is 2. The Labute approximate surface area is 185 Å². The number of hydrogen-bond acceptors (Lipinski definition) is 4. The molecule has 0 radical (unpaired) electrons. The van der Waals surface area contributed by atoms with Gasteiger partial charge >= 0.3 is 0 Å². The topological polar surface area (TPSA) is 83.3 Å². The number of nitrogens with one attached hydrogen (secondary N) is 1. The van der Waals surface area contributed by atoms with E-state index in [4.69, 9.17) is 15.6 Å². The van der Waals surface area contributed by atoms with E-state index in [9.17, 15) is 4.79 Å². The van der Waals surface area contributed by atoms with Crippen LogP contribution in [0.2, 0.25) is 0 Å². The van der Waals surface area contributed by atoms with Crippen LogP contribution in [0.1, 0.15) is 29.3 Å². The summed E-state index contributed by atoms with van der Waals surface area (Å²) in [6.45, 7) is 2.12. The Morgan fingerprint density at radius 2 is 1.65 bits per heavy atom. The Morgan fingerprint density at radius 1 is 0.968 bits per heavy atom. The lowest BCUT2D eigenvalue weighted by atomic mass is 10.0. The van der Waals surface area contributed by atoms with E-state index in [2.05, 4.69) is 6.92 Å². The fraction of sp³-hybridized carbons (Fsp3) is 0.120. The number of benzene rings is 3. The average Bonchev–Trinajstić information content (AvgIpc) is 3.26. The van der Waals surface area contributed by atoms with Crippen molar-refractivity contribution in [3.05, 3.63) is 90.2 Å². The second-order valence-electron chi connectivity index (χ2n) is 7.14. The standard InChI is InChI=1S/C25H23N3O2S/c1-2-12-31-23-15-22(16-30-23)28(21-6-4-3-5-7-21)25(29)20-11-9-17-13-19(24(26)27)10-8-18(17)14-20/h3-11,13-16H,2,12H2,1H3,(H3,26,27). The molecule has 3 aromatic carbocycles. The van der Waals surface area contributed by atoms with Crippen LogP contribution < -0.4 is 10.6 Å². The summed E-state index contributed by atoms with van der Waals surface area (Å²) < 4.78 is 5.70. The smallest absolute Gasteiger partial charge is 0.262 e. The van der Waals surface area contributed by atoms with Crippen molar-refractivity contribution in [2.75, 3.05) is 10.7 Å². The number of nitrogen functional groups attached to an aromatic ring is 1. The summed E-state index contributed by atoms with van der Waals surface area (Å²) in [6, 6.07) is 22.5. The molecule has 1 aromatic heterocycles. The molecule has 6 heteroatoms. The molecule has 31 heavy (non-hydrogen) atoms. The molecule has 0 saturated heterocycles. The van der Waals surface area contributed by atoms with E-state index in [0.717, 1.165) is 33.7 Å². The molecule has 156 valence electrons. The third-order valence-corrected chi connectivity index (χ3v) is 5.99. The van der Waals surface area contributed by atoms with Crippen LogP contribution in [-0.2, 0) is 0 Å². The third-order valence-electron chi connectivity index (χ3n) is 4.88. The number of carbonyl (C=O) groups excluding carboxylic acids is 1. The summed E-state index contributed by atoms with van der Waals surface area (Å²) in [5.41, 5.74) is 8.29. The van der Waals surface area contributed by atoms with E-state index in [1.54, 1.807) is 35.1 Å². The van der Waals surface area contributed by atoms with Gasteiger partial charge in [-0.15, -0.1) is 0 Å². The molecule has 0 atom stereocenters. The van der Waals surface area contributed by atoms with E-state index in [0.29, 0.717) is 16.8 Å². The van der Waals surface area contributed by atoms with E-state index < -0.39 is 0 Å². The van der Waals surface area contributed by atoms with Crippen molar-refractivity contribution < 1.29 is 9.21 Å². The number of fused-ring (bicyclic) bond motifs is 1. The molecular weight excluding hydrogens is 406 g/mol. The van der Waals surface area contributed by atoms with Gasteiger partial charge in [-0.3, -0.25) is 15.1 Å². The molecule has 1 amide bonds. The predicted molar refractivity (Wildman–Crippen MR) is 128 cm³/mol. The molecule has 3 N–H and O–H groups in total. The maximum atomic E-state index is 13.6. The van der Waals surface area contributed by atoms with Crippen LogP contribution in [-0.4, -0.2) is 17.5 Å². The monoisotopic (exact) mass is 429 g/mol. The highest BCUT2D eigenvalue weighted by atomic mass is 32.2. The number of nitrogens with zero attached hydrogens (tertiary/aromatic N) is 1. The number of thioether (sulfide) groups is 1. The predicted octanol–water partition coefficient (Wildman–Crippen LogP) is 6.20. The van der Waals surface area contributed by atoms with Crippen molar-refractivity contribution >= 4 is 45.7 Å². The summed E-state index contributed by atoms with van der Waals surface area (Å²) in [5.74, 6) is 0.838. The molecular formula is C25H23N3O2S. The first-order chi connectivity index (χ1) is 15.1. The van der Waals surface area contributed by atoms with Gasteiger partial charge in [-0.1, -0.05) is 55.1 Å². The van der Waals surface area contributed by atoms with E-state index in [1.165, 1.54) is 0 Å². The molecule has 0 aliphatic carbocycles. The Kier molecular flexibility index (Phi) is 6.09. The van der Waals surface area contributed by atoms with Gasteiger partial charge in [0, 0.05) is 28.6 Å². The molecule has 0 fully saturated rings. The van der Waals surface area contributed by atoms with Gasteiger partial charge in [-0.2, -0.15) is 0 Å². The highest BCUT2D eigenvalue weighted by molar-refractivity contribution is 7.99. The summed E-state index contributed by atoms with van der Waals surface area (Å²) in [7, 11) is 0. The highest BCUT2D eigenvalue weighted by Crippen LogP contribution is 2.33. The minimum Gasteiger partial charge on any atom is -0.456 e. The summed E-state index contributed by atoms with van der Waals surface area (Å²) in [4.78, 5) is 15.3. The zero-order valence-corrected chi connectivity index (χ0v) is 18.0. The van der Waals surface area contributed by atoms with E-state index in [1.807, 2.05) is 60.7 Å². The fourth-order valence-corrected chi connectivity index (χ4v) is 4.06. The van der Waals surface area contributed by atoms with E-state index >= 15 is 0 Å². The van der Waals surface area contributed by atoms with Gasteiger partial charge in [0.1, 0.15) is 12.1 Å². The van der Waals surface area contributed by atoms with Gasteiger partial charge in [0.2, 0.25) is 0 Å². The van der Waals surface area contributed by atoms with Crippen LogP contribution in [0.5, 0.6) is 0 Å². The number of rotatable bonds is 7. The molecule has 0 spiro atoms. The Balaban J connectivity index is 1.72. The second kappa shape index (κ2) is 9.10. The lowest BCUT2D eigenvalue weighted by molar-refractivity contribution is 0.0999. The Hall–Kier alpha value is -3.51.